The number of pyridine rings is 1. The van der Waals surface area contributed by atoms with E-state index in [1.807, 2.05) is 30.3 Å². The Bertz CT molecular complexity index is 1410. The first-order chi connectivity index (χ1) is 19.7. The van der Waals surface area contributed by atoms with Crippen LogP contribution in [0.3, 0.4) is 0 Å². The third-order valence-electron chi connectivity index (χ3n) is 7.14. The highest BCUT2D eigenvalue weighted by atomic mass is 127. The van der Waals surface area contributed by atoms with Crippen LogP contribution < -0.4 is 15.8 Å². The number of rotatable bonds is 16. The fourth-order valence-corrected chi connectivity index (χ4v) is 6.49. The lowest BCUT2D eigenvalue weighted by atomic mass is 10.1. The van der Waals surface area contributed by atoms with Gasteiger partial charge in [-0.1, -0.05) is 19.9 Å². The van der Waals surface area contributed by atoms with E-state index in [4.69, 9.17) is 10.5 Å². The smallest absolute Gasteiger partial charge is 0.250 e. The number of hydrogen-bond acceptors (Lipinski definition) is 7. The van der Waals surface area contributed by atoms with Crippen LogP contribution in [-0.4, -0.2) is 61.3 Å². The summed E-state index contributed by atoms with van der Waals surface area (Å²) < 4.78 is 37.6. The second-order valence-electron chi connectivity index (χ2n) is 10.1. The van der Waals surface area contributed by atoms with Gasteiger partial charge in [0.05, 0.1) is 17.9 Å². The maximum atomic E-state index is 14.4. The molecular formula is C30H38IN5O4S. The van der Waals surface area contributed by atoms with Crippen molar-refractivity contribution in [3.05, 3.63) is 75.6 Å². The molecule has 0 spiro atoms. The first kappa shape index (κ1) is 31.2. The van der Waals surface area contributed by atoms with Crippen LogP contribution in [0.15, 0.2) is 65.8 Å². The van der Waals surface area contributed by atoms with Crippen molar-refractivity contribution in [3.63, 3.8) is 0 Å². The van der Waals surface area contributed by atoms with Gasteiger partial charge < -0.3 is 20.7 Å². The predicted octanol–water partition coefficient (Wildman–Crippen LogP) is 5.24. The molecule has 1 fully saturated rings. The summed E-state index contributed by atoms with van der Waals surface area (Å²) in [5.41, 5.74) is 7.65. The molecule has 1 saturated carbocycles. The number of nitrogens with one attached hydrogen (secondary N) is 1. The Kier molecular flexibility index (Phi) is 11.0. The van der Waals surface area contributed by atoms with E-state index in [2.05, 4.69) is 51.6 Å². The van der Waals surface area contributed by atoms with Crippen molar-refractivity contribution < 1.29 is 17.9 Å². The van der Waals surface area contributed by atoms with Gasteiger partial charge in [0.2, 0.25) is 10.0 Å². The number of amides is 1. The molecule has 0 radical (unpaired) electrons. The summed E-state index contributed by atoms with van der Waals surface area (Å²) in [4.78, 5) is 19.0. The first-order valence-electron chi connectivity index (χ1n) is 14.0. The van der Waals surface area contributed by atoms with Crippen LogP contribution in [0.5, 0.6) is 5.75 Å². The largest absolute Gasteiger partial charge is 0.490 e. The highest BCUT2D eigenvalue weighted by Crippen LogP contribution is 2.41. The molecule has 3 N–H and O–H groups in total. The number of sulfonamides is 1. The number of carbonyl (C=O) groups is 1. The summed E-state index contributed by atoms with van der Waals surface area (Å²) in [6.45, 7) is 7.59. The zero-order valence-corrected chi connectivity index (χ0v) is 26.5. The van der Waals surface area contributed by atoms with Crippen LogP contribution in [0.2, 0.25) is 0 Å². The van der Waals surface area contributed by atoms with E-state index in [-0.39, 0.29) is 28.4 Å². The minimum Gasteiger partial charge on any atom is -0.490 e. The molecule has 0 bridgehead atoms. The predicted molar refractivity (Wildman–Crippen MR) is 170 cm³/mol. The van der Waals surface area contributed by atoms with Crippen LogP contribution in [0.4, 0.5) is 11.4 Å². The van der Waals surface area contributed by atoms with Gasteiger partial charge in [0.1, 0.15) is 4.90 Å². The van der Waals surface area contributed by atoms with E-state index in [0.717, 1.165) is 41.6 Å². The second-order valence-corrected chi connectivity index (χ2v) is 13.3. The monoisotopic (exact) mass is 691 g/mol. The third-order valence-corrected chi connectivity index (χ3v) is 9.72. The second kappa shape index (κ2) is 14.4. The Labute approximate surface area is 256 Å². The summed E-state index contributed by atoms with van der Waals surface area (Å²) in [5.74, 6) is -0.203. The van der Waals surface area contributed by atoms with E-state index in [9.17, 15) is 13.2 Å². The Morgan fingerprint density at radius 2 is 1.83 bits per heavy atom. The van der Waals surface area contributed by atoms with E-state index >= 15 is 0 Å². The van der Waals surface area contributed by atoms with Crippen molar-refractivity contribution in [2.45, 2.75) is 44.6 Å². The van der Waals surface area contributed by atoms with Crippen molar-refractivity contribution in [2.75, 3.05) is 38.1 Å². The summed E-state index contributed by atoms with van der Waals surface area (Å²) in [7, 11) is -4.06. The number of nitrogens with zero attached hydrogens (tertiary/aromatic N) is 3. The van der Waals surface area contributed by atoms with Gasteiger partial charge in [-0.2, -0.15) is 4.31 Å². The molecule has 3 aromatic rings. The zero-order valence-electron chi connectivity index (χ0n) is 23.6. The molecule has 0 atom stereocenters. The summed E-state index contributed by atoms with van der Waals surface area (Å²) in [5, 5.41) is 3.24. The molecule has 9 nitrogen and oxygen atoms in total. The highest BCUT2D eigenvalue weighted by molar-refractivity contribution is 14.1. The van der Waals surface area contributed by atoms with Crippen molar-refractivity contribution in [2.24, 2.45) is 11.7 Å². The molecular weight excluding hydrogens is 653 g/mol. The molecule has 41 heavy (non-hydrogen) atoms. The van der Waals surface area contributed by atoms with Crippen molar-refractivity contribution in [1.29, 1.82) is 0 Å². The molecule has 1 aliphatic rings. The van der Waals surface area contributed by atoms with E-state index < -0.39 is 15.9 Å². The summed E-state index contributed by atoms with van der Waals surface area (Å²) in [6, 6.07) is 14.1. The fraction of sp³-hybridized carbons (Fsp3) is 0.400. The zero-order chi connectivity index (χ0) is 29.4. The van der Waals surface area contributed by atoms with Gasteiger partial charge in [0, 0.05) is 34.7 Å². The minimum atomic E-state index is -4.06. The van der Waals surface area contributed by atoms with Crippen molar-refractivity contribution in [3.8, 4) is 5.75 Å². The topological polar surface area (TPSA) is 118 Å². The third kappa shape index (κ3) is 8.40. The Morgan fingerprint density at radius 1 is 1.10 bits per heavy atom. The molecule has 1 heterocycles. The summed E-state index contributed by atoms with van der Waals surface area (Å²) >= 11 is 2.21. The van der Waals surface area contributed by atoms with Crippen LogP contribution in [0, 0.1) is 9.49 Å². The average Bonchev–Trinajstić information content (AvgIpc) is 3.80. The standard InChI is InChI=1S/C30H38IN5O4S/c1-3-35(4-2)17-6-18-36(20-23-7-5-16-33-19-23)41(38,39)27-15-14-26(30(32)37)28(29(27)40-21-22-8-9-22)34-25-12-10-24(31)11-13-25/h5,7,10-16,19,22,34H,3-4,6,8-9,17-18,20-21H2,1-2H3,(H2,32,37). The molecule has 1 aromatic heterocycles. The van der Waals surface area contributed by atoms with Crippen LogP contribution in [0.25, 0.3) is 0 Å². The van der Waals surface area contributed by atoms with Gasteiger partial charge in [0.15, 0.2) is 5.75 Å². The lowest BCUT2D eigenvalue weighted by molar-refractivity contribution is 0.100. The Morgan fingerprint density at radius 3 is 2.44 bits per heavy atom. The molecule has 0 unspecified atom stereocenters. The lowest BCUT2D eigenvalue weighted by Crippen LogP contribution is -2.34. The molecule has 220 valence electrons. The first-order valence-corrected chi connectivity index (χ1v) is 16.5. The highest BCUT2D eigenvalue weighted by Gasteiger charge is 2.33. The van der Waals surface area contributed by atoms with E-state index in [0.29, 0.717) is 31.2 Å². The molecule has 0 aliphatic heterocycles. The average molecular weight is 692 g/mol. The van der Waals surface area contributed by atoms with E-state index in [1.54, 1.807) is 18.5 Å². The number of primary amides is 1. The molecule has 4 rings (SSSR count). The number of ether oxygens (including phenoxy) is 1. The number of nitrogens with two attached hydrogens (primary N) is 1. The number of aromatic nitrogens is 1. The molecule has 1 amide bonds. The maximum Gasteiger partial charge on any atom is 0.250 e. The number of carbonyl (C=O) groups excluding carboxylic acids is 1. The van der Waals surface area contributed by atoms with Gasteiger partial charge >= 0.3 is 0 Å². The van der Waals surface area contributed by atoms with Crippen LogP contribution in [-0.2, 0) is 16.6 Å². The molecule has 11 heteroatoms. The van der Waals surface area contributed by atoms with Gasteiger partial charge in [-0.3, -0.25) is 9.78 Å². The lowest BCUT2D eigenvalue weighted by Gasteiger charge is -2.26. The fourth-order valence-electron chi connectivity index (χ4n) is 4.53. The van der Waals surface area contributed by atoms with Gasteiger partial charge in [-0.15, -0.1) is 0 Å². The van der Waals surface area contributed by atoms with Crippen LogP contribution in [0.1, 0.15) is 49.0 Å². The molecule has 2 aromatic carbocycles. The maximum absolute atomic E-state index is 14.4. The summed E-state index contributed by atoms with van der Waals surface area (Å²) in [6.07, 6.45) is 6.05. The Balaban J connectivity index is 1.77. The van der Waals surface area contributed by atoms with Gasteiger partial charge in [0.25, 0.3) is 5.91 Å². The normalized spacial score (nSPS) is 13.5. The quantitative estimate of drug-likeness (QED) is 0.198. The van der Waals surface area contributed by atoms with Gasteiger partial charge in [-0.25, -0.2) is 8.42 Å². The van der Waals surface area contributed by atoms with E-state index in [1.165, 1.54) is 16.4 Å². The number of hydrogen-bond donors (Lipinski definition) is 2. The van der Waals surface area contributed by atoms with Gasteiger partial charge in [-0.05, 0) is 115 Å². The SMILES string of the molecule is CCN(CC)CCCN(Cc1cccnc1)S(=O)(=O)c1ccc(C(N)=O)c(Nc2ccc(I)cc2)c1OCC1CC1. The Hall–Kier alpha value is -2.74. The molecule has 1 aliphatic carbocycles. The minimum absolute atomic E-state index is 0.00268. The van der Waals surface area contributed by atoms with Crippen molar-refractivity contribution >= 4 is 49.9 Å². The molecule has 0 saturated heterocycles. The van der Waals surface area contributed by atoms with Crippen LogP contribution >= 0.6 is 22.6 Å². The number of anilines is 2. The van der Waals surface area contributed by atoms with Crippen molar-refractivity contribution in [1.82, 2.24) is 14.2 Å². The number of benzene rings is 2. The number of halogens is 1.